The van der Waals surface area contributed by atoms with Crippen LogP contribution in [0.4, 0.5) is 0 Å². The van der Waals surface area contributed by atoms with Gasteiger partial charge in [0.05, 0.1) is 18.8 Å². The molecule has 1 saturated heterocycles. The van der Waals surface area contributed by atoms with Gasteiger partial charge in [0.15, 0.2) is 0 Å². The number of hydrogen-bond acceptors (Lipinski definition) is 3. The summed E-state index contributed by atoms with van der Waals surface area (Å²) >= 11 is 0. The van der Waals surface area contributed by atoms with Crippen molar-refractivity contribution in [1.29, 1.82) is 0 Å². The summed E-state index contributed by atoms with van der Waals surface area (Å²) in [5.41, 5.74) is 0. The smallest absolute Gasteiger partial charge is 0.0674 e. The van der Waals surface area contributed by atoms with E-state index in [2.05, 4.69) is 18.7 Å². The van der Waals surface area contributed by atoms with Gasteiger partial charge in [-0.2, -0.15) is 0 Å². The van der Waals surface area contributed by atoms with Gasteiger partial charge in [-0.3, -0.25) is 4.90 Å². The second-order valence-electron chi connectivity index (χ2n) is 4.22. The highest BCUT2D eigenvalue weighted by molar-refractivity contribution is 4.79. The number of aliphatic hydroxyl groups excluding tert-OH is 1. The highest BCUT2D eigenvalue weighted by atomic mass is 16.5. The Bertz CT molecular complexity index is 163. The standard InChI is InChI=1S/C11H23NO2/c1-4-10-8-14-9(3)6-12(10)7-11(13)5-2/h9-11,13H,4-8H2,1-3H3. The lowest BCUT2D eigenvalue weighted by molar-refractivity contribution is -0.0679. The molecule has 0 aromatic heterocycles. The highest BCUT2D eigenvalue weighted by Gasteiger charge is 2.26. The van der Waals surface area contributed by atoms with Crippen molar-refractivity contribution in [2.45, 2.75) is 51.9 Å². The van der Waals surface area contributed by atoms with E-state index >= 15 is 0 Å². The van der Waals surface area contributed by atoms with Crippen molar-refractivity contribution >= 4 is 0 Å². The predicted octanol–water partition coefficient (Wildman–Crippen LogP) is 1.26. The maximum Gasteiger partial charge on any atom is 0.0674 e. The zero-order chi connectivity index (χ0) is 10.6. The second kappa shape index (κ2) is 5.69. The lowest BCUT2D eigenvalue weighted by Crippen LogP contribution is -2.50. The average Bonchev–Trinajstić information content (AvgIpc) is 2.18. The van der Waals surface area contributed by atoms with Crippen LogP contribution >= 0.6 is 0 Å². The molecule has 1 N–H and O–H groups in total. The van der Waals surface area contributed by atoms with Gasteiger partial charge in [0.25, 0.3) is 0 Å². The van der Waals surface area contributed by atoms with Crippen LogP contribution in [-0.4, -0.2) is 48.0 Å². The van der Waals surface area contributed by atoms with Crippen LogP contribution in [0.2, 0.25) is 0 Å². The molecule has 0 radical (unpaired) electrons. The Morgan fingerprint density at radius 2 is 2.21 bits per heavy atom. The summed E-state index contributed by atoms with van der Waals surface area (Å²) in [5, 5.41) is 9.63. The van der Waals surface area contributed by atoms with Crippen molar-refractivity contribution < 1.29 is 9.84 Å². The Morgan fingerprint density at radius 1 is 1.50 bits per heavy atom. The maximum atomic E-state index is 9.63. The molecule has 0 saturated carbocycles. The Kier molecular flexibility index (Phi) is 4.85. The molecule has 1 fully saturated rings. The average molecular weight is 201 g/mol. The van der Waals surface area contributed by atoms with Crippen LogP contribution in [0.15, 0.2) is 0 Å². The minimum Gasteiger partial charge on any atom is -0.392 e. The van der Waals surface area contributed by atoms with Gasteiger partial charge >= 0.3 is 0 Å². The third kappa shape index (κ3) is 3.23. The normalized spacial score (nSPS) is 31.7. The highest BCUT2D eigenvalue weighted by Crippen LogP contribution is 2.15. The molecule has 0 bridgehead atoms. The number of nitrogens with zero attached hydrogens (tertiary/aromatic N) is 1. The van der Waals surface area contributed by atoms with Gasteiger partial charge in [-0.1, -0.05) is 13.8 Å². The molecule has 0 aromatic rings. The monoisotopic (exact) mass is 201 g/mol. The molecule has 0 aliphatic carbocycles. The number of rotatable bonds is 4. The van der Waals surface area contributed by atoms with Crippen LogP contribution in [0.1, 0.15) is 33.6 Å². The first-order chi connectivity index (χ1) is 6.67. The van der Waals surface area contributed by atoms with E-state index in [1.807, 2.05) is 6.92 Å². The van der Waals surface area contributed by atoms with E-state index < -0.39 is 0 Å². The fourth-order valence-electron chi connectivity index (χ4n) is 1.91. The third-order valence-corrected chi connectivity index (χ3v) is 2.97. The first-order valence-corrected chi connectivity index (χ1v) is 5.71. The van der Waals surface area contributed by atoms with Gasteiger partial charge in [-0.15, -0.1) is 0 Å². The van der Waals surface area contributed by atoms with E-state index in [0.29, 0.717) is 12.1 Å². The minimum absolute atomic E-state index is 0.186. The van der Waals surface area contributed by atoms with Crippen LogP contribution in [0.3, 0.4) is 0 Å². The number of morpholine rings is 1. The molecule has 84 valence electrons. The molecule has 3 unspecified atom stereocenters. The van der Waals surface area contributed by atoms with E-state index in [-0.39, 0.29) is 6.10 Å². The molecule has 3 atom stereocenters. The summed E-state index contributed by atoms with van der Waals surface area (Å²) < 4.78 is 5.60. The number of ether oxygens (including phenoxy) is 1. The van der Waals surface area contributed by atoms with Gasteiger partial charge in [-0.25, -0.2) is 0 Å². The summed E-state index contributed by atoms with van der Waals surface area (Å²) in [6.45, 7) is 8.86. The van der Waals surface area contributed by atoms with E-state index in [0.717, 1.165) is 32.5 Å². The molecule has 1 aliphatic rings. The number of aliphatic hydroxyl groups is 1. The second-order valence-corrected chi connectivity index (χ2v) is 4.22. The molecule has 1 heterocycles. The van der Waals surface area contributed by atoms with Gasteiger partial charge in [0.1, 0.15) is 0 Å². The summed E-state index contributed by atoms with van der Waals surface area (Å²) in [5.74, 6) is 0. The number of β-amino-alcohol motifs (C(OH)–C–C–N with tert-alkyl or cyclic N) is 1. The fourth-order valence-corrected chi connectivity index (χ4v) is 1.91. The maximum absolute atomic E-state index is 9.63. The molecule has 3 nitrogen and oxygen atoms in total. The molecule has 0 aromatic carbocycles. The first-order valence-electron chi connectivity index (χ1n) is 5.71. The summed E-state index contributed by atoms with van der Waals surface area (Å²) in [6.07, 6.45) is 2.06. The van der Waals surface area contributed by atoms with E-state index in [1.165, 1.54) is 0 Å². The molecule has 14 heavy (non-hydrogen) atoms. The fraction of sp³-hybridized carbons (Fsp3) is 1.00. The van der Waals surface area contributed by atoms with Crippen LogP contribution in [0, 0.1) is 0 Å². The van der Waals surface area contributed by atoms with Crippen molar-refractivity contribution in [3.05, 3.63) is 0 Å². The molecule has 0 amide bonds. The largest absolute Gasteiger partial charge is 0.392 e. The van der Waals surface area contributed by atoms with E-state index in [4.69, 9.17) is 4.74 Å². The van der Waals surface area contributed by atoms with E-state index in [1.54, 1.807) is 0 Å². The Balaban J connectivity index is 2.44. The van der Waals surface area contributed by atoms with Gasteiger partial charge in [0, 0.05) is 19.1 Å². The lowest BCUT2D eigenvalue weighted by Gasteiger charge is -2.39. The van der Waals surface area contributed by atoms with E-state index in [9.17, 15) is 5.11 Å². The van der Waals surface area contributed by atoms with Crippen molar-refractivity contribution in [2.24, 2.45) is 0 Å². The third-order valence-electron chi connectivity index (χ3n) is 2.97. The topological polar surface area (TPSA) is 32.7 Å². The zero-order valence-electron chi connectivity index (χ0n) is 9.57. The summed E-state index contributed by atoms with van der Waals surface area (Å²) in [6, 6.07) is 0.493. The van der Waals surface area contributed by atoms with Gasteiger partial charge < -0.3 is 9.84 Å². The van der Waals surface area contributed by atoms with Crippen LogP contribution in [0.25, 0.3) is 0 Å². The van der Waals surface area contributed by atoms with Crippen molar-refractivity contribution in [3.63, 3.8) is 0 Å². The minimum atomic E-state index is -0.186. The molecule has 1 rings (SSSR count). The van der Waals surface area contributed by atoms with Gasteiger partial charge in [-0.05, 0) is 19.8 Å². The quantitative estimate of drug-likeness (QED) is 0.743. The van der Waals surface area contributed by atoms with Crippen molar-refractivity contribution in [2.75, 3.05) is 19.7 Å². The lowest BCUT2D eigenvalue weighted by atomic mass is 10.1. The van der Waals surface area contributed by atoms with Crippen LogP contribution in [0.5, 0.6) is 0 Å². The Labute approximate surface area is 87.1 Å². The van der Waals surface area contributed by atoms with Crippen LogP contribution < -0.4 is 0 Å². The molecule has 3 heteroatoms. The SMILES string of the molecule is CCC(O)CN1CC(C)OCC1CC. The molecule has 1 aliphatic heterocycles. The molecule has 0 spiro atoms. The molecular weight excluding hydrogens is 178 g/mol. The van der Waals surface area contributed by atoms with Crippen molar-refractivity contribution in [3.8, 4) is 0 Å². The summed E-state index contributed by atoms with van der Waals surface area (Å²) in [4.78, 5) is 2.36. The zero-order valence-corrected chi connectivity index (χ0v) is 9.57. The van der Waals surface area contributed by atoms with Crippen molar-refractivity contribution in [1.82, 2.24) is 4.90 Å². The first kappa shape index (κ1) is 12.0. The summed E-state index contributed by atoms with van der Waals surface area (Å²) in [7, 11) is 0. The number of hydrogen-bond donors (Lipinski definition) is 1. The predicted molar refractivity (Wildman–Crippen MR) is 57.4 cm³/mol. The Hall–Kier alpha value is -0.120. The van der Waals surface area contributed by atoms with Gasteiger partial charge in [0.2, 0.25) is 0 Å². The Morgan fingerprint density at radius 3 is 2.79 bits per heavy atom. The van der Waals surface area contributed by atoms with Crippen LogP contribution in [-0.2, 0) is 4.74 Å². The molecular formula is C11H23NO2.